The lowest BCUT2D eigenvalue weighted by molar-refractivity contribution is -0.115. The van der Waals surface area contributed by atoms with Gasteiger partial charge < -0.3 is 5.32 Å². The number of thiol groups is 1. The molecule has 2 aromatic carbocycles. The van der Waals surface area contributed by atoms with Crippen molar-refractivity contribution >= 4 is 24.4 Å². The minimum atomic E-state index is -0.576. The Labute approximate surface area is 140 Å². The van der Waals surface area contributed by atoms with Crippen molar-refractivity contribution in [3.8, 4) is 11.1 Å². The number of hydrogen-bond donors (Lipinski definition) is 2. The summed E-state index contributed by atoms with van der Waals surface area (Å²) in [4.78, 5) is 16.6. The van der Waals surface area contributed by atoms with Gasteiger partial charge in [0.15, 0.2) is 0 Å². The van der Waals surface area contributed by atoms with Crippen LogP contribution in [0.1, 0.15) is 10.8 Å². The number of nitrogens with zero attached hydrogens (tertiary/aromatic N) is 1. The Morgan fingerprint density at radius 2 is 1.61 bits per heavy atom. The fraction of sp³-hybridized carbons (Fsp3) is 0.0526. The van der Waals surface area contributed by atoms with E-state index in [2.05, 4.69) is 22.9 Å². The molecule has 0 saturated carbocycles. The molecule has 23 heavy (non-hydrogen) atoms. The van der Waals surface area contributed by atoms with Crippen LogP contribution in [0.25, 0.3) is 11.1 Å². The molecule has 3 rings (SSSR count). The minimum absolute atomic E-state index is 0.199. The van der Waals surface area contributed by atoms with Gasteiger partial charge in [0, 0.05) is 6.20 Å². The van der Waals surface area contributed by atoms with Crippen LogP contribution >= 0.6 is 12.6 Å². The molecule has 0 spiro atoms. The fourth-order valence-corrected chi connectivity index (χ4v) is 2.68. The van der Waals surface area contributed by atoms with Crippen LogP contribution in [0.5, 0.6) is 0 Å². The third-order valence-electron chi connectivity index (χ3n) is 3.50. The highest BCUT2D eigenvalue weighted by atomic mass is 32.1. The molecule has 3 nitrogen and oxygen atoms in total. The van der Waals surface area contributed by atoms with Crippen LogP contribution in [0.3, 0.4) is 0 Å². The van der Waals surface area contributed by atoms with Gasteiger partial charge in [0.2, 0.25) is 5.91 Å². The molecule has 0 bridgehead atoms. The Bertz CT molecular complexity index is 791. The number of pyridine rings is 1. The molecule has 1 amide bonds. The van der Waals surface area contributed by atoms with E-state index < -0.39 is 5.25 Å². The van der Waals surface area contributed by atoms with Crippen LogP contribution in [0.4, 0.5) is 5.82 Å². The highest BCUT2D eigenvalue weighted by Gasteiger charge is 2.20. The number of rotatable bonds is 4. The standard InChI is InChI=1S/C19H16N2OS/c22-19(21-17-12-6-7-13-20-17)18(23)16-11-5-4-10-15(16)14-8-2-1-3-9-14/h1-13,18,23H,(H,20,21,22). The monoisotopic (exact) mass is 320 g/mol. The van der Waals surface area contributed by atoms with Gasteiger partial charge in [-0.3, -0.25) is 4.79 Å². The van der Waals surface area contributed by atoms with Crippen molar-refractivity contribution in [2.75, 3.05) is 5.32 Å². The van der Waals surface area contributed by atoms with Gasteiger partial charge in [0.1, 0.15) is 11.1 Å². The molecule has 1 unspecified atom stereocenters. The molecule has 0 saturated heterocycles. The number of amides is 1. The summed E-state index contributed by atoms with van der Waals surface area (Å²) in [6.45, 7) is 0. The molecule has 1 aromatic heterocycles. The molecule has 0 aliphatic heterocycles. The molecule has 0 aliphatic carbocycles. The van der Waals surface area contributed by atoms with Crippen LogP contribution in [-0.2, 0) is 4.79 Å². The Kier molecular flexibility index (Phi) is 4.74. The van der Waals surface area contributed by atoms with Gasteiger partial charge in [-0.15, -0.1) is 0 Å². The van der Waals surface area contributed by atoms with E-state index >= 15 is 0 Å². The molecular formula is C19H16N2OS. The first-order chi connectivity index (χ1) is 11.3. The summed E-state index contributed by atoms with van der Waals surface area (Å²) < 4.78 is 0. The molecule has 0 aliphatic rings. The lowest BCUT2D eigenvalue weighted by atomic mass is 9.97. The Morgan fingerprint density at radius 3 is 2.35 bits per heavy atom. The first-order valence-electron chi connectivity index (χ1n) is 7.30. The quantitative estimate of drug-likeness (QED) is 0.701. The fourth-order valence-electron chi connectivity index (χ4n) is 2.39. The van der Waals surface area contributed by atoms with Crippen LogP contribution in [0.2, 0.25) is 0 Å². The third-order valence-corrected chi connectivity index (χ3v) is 4.02. The third kappa shape index (κ3) is 3.60. The van der Waals surface area contributed by atoms with Crippen molar-refractivity contribution in [3.63, 3.8) is 0 Å². The summed E-state index contributed by atoms with van der Waals surface area (Å²) >= 11 is 4.52. The molecule has 1 atom stereocenters. The zero-order valence-electron chi connectivity index (χ0n) is 12.4. The molecule has 0 radical (unpaired) electrons. The zero-order valence-corrected chi connectivity index (χ0v) is 13.3. The maximum Gasteiger partial charge on any atom is 0.242 e. The van der Waals surface area contributed by atoms with Crippen LogP contribution in [0.15, 0.2) is 79.0 Å². The number of nitrogens with one attached hydrogen (secondary N) is 1. The van der Waals surface area contributed by atoms with Crippen LogP contribution in [-0.4, -0.2) is 10.9 Å². The topological polar surface area (TPSA) is 42.0 Å². The first-order valence-corrected chi connectivity index (χ1v) is 7.81. The summed E-state index contributed by atoms with van der Waals surface area (Å²) in [5.41, 5.74) is 2.94. The average Bonchev–Trinajstić information content (AvgIpc) is 2.62. The van der Waals surface area contributed by atoms with E-state index in [0.717, 1.165) is 16.7 Å². The van der Waals surface area contributed by atoms with Crippen LogP contribution < -0.4 is 5.32 Å². The molecule has 1 heterocycles. The summed E-state index contributed by atoms with van der Waals surface area (Å²) in [6, 6.07) is 23.2. The largest absolute Gasteiger partial charge is 0.309 e. The zero-order chi connectivity index (χ0) is 16.1. The summed E-state index contributed by atoms with van der Waals surface area (Å²) in [5.74, 6) is 0.323. The predicted molar refractivity (Wildman–Crippen MR) is 96.5 cm³/mol. The number of anilines is 1. The van der Waals surface area contributed by atoms with Crippen LogP contribution in [0, 0.1) is 0 Å². The van der Waals surface area contributed by atoms with Gasteiger partial charge in [-0.2, -0.15) is 12.6 Å². The smallest absolute Gasteiger partial charge is 0.242 e. The highest BCUT2D eigenvalue weighted by molar-refractivity contribution is 7.81. The Hall–Kier alpha value is -2.59. The highest BCUT2D eigenvalue weighted by Crippen LogP contribution is 2.31. The predicted octanol–water partition coefficient (Wildman–Crippen LogP) is 4.36. The first kappa shape index (κ1) is 15.3. The lowest BCUT2D eigenvalue weighted by Crippen LogP contribution is -2.18. The van der Waals surface area contributed by atoms with E-state index in [0.29, 0.717) is 5.82 Å². The maximum atomic E-state index is 12.5. The number of benzene rings is 2. The van der Waals surface area contributed by atoms with E-state index in [-0.39, 0.29) is 5.91 Å². The Morgan fingerprint density at radius 1 is 0.913 bits per heavy atom. The van der Waals surface area contributed by atoms with E-state index in [1.165, 1.54) is 0 Å². The second-order valence-corrected chi connectivity index (χ2v) is 5.58. The van der Waals surface area contributed by atoms with Crippen molar-refractivity contribution in [1.29, 1.82) is 0 Å². The number of hydrogen-bond acceptors (Lipinski definition) is 3. The van der Waals surface area contributed by atoms with Crippen molar-refractivity contribution in [2.24, 2.45) is 0 Å². The van der Waals surface area contributed by atoms with E-state index in [4.69, 9.17) is 0 Å². The van der Waals surface area contributed by atoms with Crippen molar-refractivity contribution in [2.45, 2.75) is 5.25 Å². The summed E-state index contributed by atoms with van der Waals surface area (Å²) in [5, 5.41) is 2.22. The minimum Gasteiger partial charge on any atom is -0.309 e. The molecule has 0 fully saturated rings. The number of carbonyl (C=O) groups is 1. The average molecular weight is 320 g/mol. The normalized spacial score (nSPS) is 11.7. The van der Waals surface area contributed by atoms with Crippen molar-refractivity contribution in [3.05, 3.63) is 84.6 Å². The second-order valence-electron chi connectivity index (χ2n) is 5.06. The van der Waals surface area contributed by atoms with Gasteiger partial charge in [0.25, 0.3) is 0 Å². The lowest BCUT2D eigenvalue weighted by Gasteiger charge is -2.16. The van der Waals surface area contributed by atoms with Crippen molar-refractivity contribution < 1.29 is 4.79 Å². The van der Waals surface area contributed by atoms with Gasteiger partial charge in [-0.1, -0.05) is 60.7 Å². The molecule has 3 aromatic rings. The SMILES string of the molecule is O=C(Nc1ccccn1)C(S)c1ccccc1-c1ccccc1. The number of carbonyl (C=O) groups excluding carboxylic acids is 1. The van der Waals surface area contributed by atoms with Gasteiger partial charge in [-0.05, 0) is 28.8 Å². The molecular weight excluding hydrogens is 304 g/mol. The number of aromatic nitrogens is 1. The van der Waals surface area contributed by atoms with Gasteiger partial charge >= 0.3 is 0 Å². The van der Waals surface area contributed by atoms with E-state index in [9.17, 15) is 4.79 Å². The maximum absolute atomic E-state index is 12.5. The second kappa shape index (κ2) is 7.11. The molecule has 4 heteroatoms. The summed E-state index contributed by atoms with van der Waals surface area (Å²) in [7, 11) is 0. The summed E-state index contributed by atoms with van der Waals surface area (Å²) in [6.07, 6.45) is 1.64. The van der Waals surface area contributed by atoms with Gasteiger partial charge in [-0.25, -0.2) is 4.98 Å². The Balaban J connectivity index is 1.88. The van der Waals surface area contributed by atoms with E-state index in [1.807, 2.05) is 60.7 Å². The van der Waals surface area contributed by atoms with Crippen molar-refractivity contribution in [1.82, 2.24) is 4.98 Å². The van der Waals surface area contributed by atoms with Gasteiger partial charge in [0.05, 0.1) is 0 Å². The molecule has 114 valence electrons. The molecule has 1 N–H and O–H groups in total. The van der Waals surface area contributed by atoms with E-state index in [1.54, 1.807) is 18.3 Å².